The molecule has 0 radical (unpaired) electrons. The van der Waals surface area contributed by atoms with Gasteiger partial charge in [0.05, 0.1) is 5.56 Å². The fourth-order valence-corrected chi connectivity index (χ4v) is 3.06. The Morgan fingerprint density at radius 1 is 1.08 bits per heavy atom. The Morgan fingerprint density at radius 3 is 2.40 bits per heavy atom. The molecule has 4 nitrogen and oxygen atoms in total. The molecular formula is C16H9ClF3N3OS. The first kappa shape index (κ1) is 17.5. The standard InChI is InChI=1S/C16H9ClF3N3OS/c17-12-7-9(8-23-14(12)24)13-15(22-6-5-21-13)25-11-3-1-10(2-4-11)16(18,19)20/h1-8H,(H,23,24). The molecular weight excluding hydrogens is 375 g/mol. The summed E-state index contributed by atoms with van der Waals surface area (Å²) in [5.41, 5.74) is -0.132. The van der Waals surface area contributed by atoms with Gasteiger partial charge in [-0.2, -0.15) is 13.2 Å². The third kappa shape index (κ3) is 4.02. The number of rotatable bonds is 3. The van der Waals surface area contributed by atoms with E-state index in [4.69, 9.17) is 11.6 Å². The number of aromatic nitrogens is 3. The van der Waals surface area contributed by atoms with Gasteiger partial charge in [-0.1, -0.05) is 23.4 Å². The quantitative estimate of drug-likeness (QED) is 0.715. The van der Waals surface area contributed by atoms with Gasteiger partial charge in [0.2, 0.25) is 0 Å². The maximum absolute atomic E-state index is 12.6. The lowest BCUT2D eigenvalue weighted by atomic mass is 10.2. The van der Waals surface area contributed by atoms with Crippen LogP contribution in [0, 0.1) is 0 Å². The zero-order valence-electron chi connectivity index (χ0n) is 12.3. The molecule has 3 rings (SSSR count). The van der Waals surface area contributed by atoms with Crippen LogP contribution in [0.5, 0.6) is 0 Å². The van der Waals surface area contributed by atoms with E-state index < -0.39 is 17.3 Å². The van der Waals surface area contributed by atoms with E-state index in [-0.39, 0.29) is 5.02 Å². The van der Waals surface area contributed by atoms with Gasteiger partial charge in [0, 0.05) is 29.0 Å². The van der Waals surface area contributed by atoms with Crippen molar-refractivity contribution < 1.29 is 13.2 Å². The number of alkyl halides is 3. The van der Waals surface area contributed by atoms with Gasteiger partial charge >= 0.3 is 6.18 Å². The summed E-state index contributed by atoms with van der Waals surface area (Å²) < 4.78 is 37.9. The van der Waals surface area contributed by atoms with Crippen molar-refractivity contribution in [3.63, 3.8) is 0 Å². The van der Waals surface area contributed by atoms with Gasteiger partial charge in [0.25, 0.3) is 5.56 Å². The molecule has 0 fully saturated rings. The van der Waals surface area contributed by atoms with Gasteiger partial charge in [-0.15, -0.1) is 0 Å². The van der Waals surface area contributed by atoms with Gasteiger partial charge in [-0.05, 0) is 30.3 Å². The Bertz CT molecular complexity index is 958. The van der Waals surface area contributed by atoms with Crippen LogP contribution >= 0.6 is 23.4 Å². The highest BCUT2D eigenvalue weighted by Crippen LogP contribution is 2.35. The molecule has 1 N–H and O–H groups in total. The fourth-order valence-electron chi connectivity index (χ4n) is 2.01. The molecule has 0 saturated carbocycles. The first-order valence-corrected chi connectivity index (χ1v) is 8.09. The number of hydrogen-bond acceptors (Lipinski definition) is 4. The smallest absolute Gasteiger partial charge is 0.327 e. The zero-order chi connectivity index (χ0) is 18.0. The predicted molar refractivity (Wildman–Crippen MR) is 88.7 cm³/mol. The molecule has 0 spiro atoms. The molecule has 0 aliphatic heterocycles. The van der Waals surface area contributed by atoms with Crippen LogP contribution in [0.1, 0.15) is 5.56 Å². The molecule has 25 heavy (non-hydrogen) atoms. The second-order valence-electron chi connectivity index (χ2n) is 4.90. The summed E-state index contributed by atoms with van der Waals surface area (Å²) in [5.74, 6) is 0. The molecule has 1 aromatic carbocycles. The van der Waals surface area contributed by atoms with Crippen LogP contribution in [0.3, 0.4) is 0 Å². The van der Waals surface area contributed by atoms with Crippen molar-refractivity contribution >= 4 is 23.4 Å². The SMILES string of the molecule is O=c1[nH]cc(-c2nccnc2Sc2ccc(C(F)(F)F)cc2)cc1Cl. The number of nitrogens with one attached hydrogen (secondary N) is 1. The molecule has 0 unspecified atom stereocenters. The molecule has 2 heterocycles. The Morgan fingerprint density at radius 2 is 1.76 bits per heavy atom. The number of hydrogen-bond donors (Lipinski definition) is 1. The largest absolute Gasteiger partial charge is 0.416 e. The molecule has 0 aliphatic rings. The Kier molecular flexibility index (Phi) is 4.82. The number of halogens is 4. The fraction of sp³-hybridized carbons (Fsp3) is 0.0625. The van der Waals surface area contributed by atoms with Crippen LogP contribution in [0.2, 0.25) is 5.02 Å². The van der Waals surface area contributed by atoms with Crippen molar-refractivity contribution in [1.82, 2.24) is 15.0 Å². The second kappa shape index (κ2) is 6.89. The molecule has 0 bridgehead atoms. The molecule has 0 saturated heterocycles. The number of aromatic amines is 1. The van der Waals surface area contributed by atoms with E-state index in [2.05, 4.69) is 15.0 Å². The van der Waals surface area contributed by atoms with Crippen molar-refractivity contribution in [2.75, 3.05) is 0 Å². The van der Waals surface area contributed by atoms with Crippen molar-refractivity contribution in [2.24, 2.45) is 0 Å². The molecule has 0 atom stereocenters. The summed E-state index contributed by atoms with van der Waals surface area (Å²) in [6, 6.07) is 6.21. The Labute approximate surface area is 149 Å². The summed E-state index contributed by atoms with van der Waals surface area (Å²) in [4.78, 5) is 22.9. The van der Waals surface area contributed by atoms with E-state index in [9.17, 15) is 18.0 Å². The molecule has 0 amide bonds. The first-order valence-electron chi connectivity index (χ1n) is 6.89. The van der Waals surface area contributed by atoms with Crippen LogP contribution < -0.4 is 5.56 Å². The lowest BCUT2D eigenvalue weighted by Gasteiger charge is -2.09. The number of benzene rings is 1. The second-order valence-corrected chi connectivity index (χ2v) is 6.37. The van der Waals surface area contributed by atoms with E-state index in [1.54, 1.807) is 0 Å². The van der Waals surface area contributed by atoms with E-state index in [0.717, 1.165) is 23.9 Å². The van der Waals surface area contributed by atoms with Gasteiger partial charge in [0.1, 0.15) is 15.7 Å². The molecule has 2 aromatic heterocycles. The number of H-pyrrole nitrogens is 1. The lowest BCUT2D eigenvalue weighted by molar-refractivity contribution is -0.137. The van der Waals surface area contributed by atoms with Crippen LogP contribution in [0.15, 0.2) is 63.6 Å². The van der Waals surface area contributed by atoms with Gasteiger partial charge in [0.15, 0.2) is 0 Å². The third-order valence-corrected chi connectivity index (χ3v) is 4.47. The van der Waals surface area contributed by atoms with Crippen molar-refractivity contribution in [2.45, 2.75) is 16.1 Å². The zero-order valence-corrected chi connectivity index (χ0v) is 13.9. The molecule has 128 valence electrons. The number of pyridine rings is 1. The Balaban J connectivity index is 1.93. The van der Waals surface area contributed by atoms with E-state index in [1.165, 1.54) is 36.8 Å². The number of nitrogens with zero attached hydrogens (tertiary/aromatic N) is 2. The molecule has 3 aromatic rings. The normalized spacial score (nSPS) is 11.5. The van der Waals surface area contributed by atoms with Crippen LogP contribution in [-0.4, -0.2) is 15.0 Å². The topological polar surface area (TPSA) is 58.6 Å². The maximum Gasteiger partial charge on any atom is 0.416 e. The van der Waals surface area contributed by atoms with Crippen LogP contribution in [0.4, 0.5) is 13.2 Å². The lowest BCUT2D eigenvalue weighted by Crippen LogP contribution is -2.05. The van der Waals surface area contributed by atoms with Crippen LogP contribution in [-0.2, 0) is 6.18 Å². The van der Waals surface area contributed by atoms with Gasteiger partial charge in [-0.3, -0.25) is 9.78 Å². The van der Waals surface area contributed by atoms with E-state index in [0.29, 0.717) is 21.2 Å². The highest BCUT2D eigenvalue weighted by Gasteiger charge is 2.30. The highest BCUT2D eigenvalue weighted by molar-refractivity contribution is 7.99. The summed E-state index contributed by atoms with van der Waals surface area (Å²) in [6.07, 6.45) is 0.0248. The van der Waals surface area contributed by atoms with Crippen molar-refractivity contribution in [3.05, 3.63) is 69.9 Å². The van der Waals surface area contributed by atoms with Gasteiger partial charge in [-0.25, -0.2) is 4.98 Å². The Hall–Kier alpha value is -2.32. The molecule has 0 aliphatic carbocycles. The highest BCUT2D eigenvalue weighted by atomic mass is 35.5. The minimum Gasteiger partial charge on any atom is -0.327 e. The van der Waals surface area contributed by atoms with Gasteiger partial charge < -0.3 is 4.98 Å². The van der Waals surface area contributed by atoms with Crippen molar-refractivity contribution in [3.8, 4) is 11.3 Å². The van der Waals surface area contributed by atoms with Crippen molar-refractivity contribution in [1.29, 1.82) is 0 Å². The minimum atomic E-state index is -4.38. The summed E-state index contributed by atoms with van der Waals surface area (Å²) >= 11 is 6.99. The summed E-state index contributed by atoms with van der Waals surface area (Å²) in [5, 5.41) is 0.485. The van der Waals surface area contributed by atoms with E-state index in [1.807, 2.05) is 0 Å². The maximum atomic E-state index is 12.6. The summed E-state index contributed by atoms with van der Waals surface area (Å²) in [6.45, 7) is 0. The molecule has 9 heteroatoms. The predicted octanol–water partition coefficient (Wildman–Crippen LogP) is 4.66. The monoisotopic (exact) mass is 383 g/mol. The van der Waals surface area contributed by atoms with E-state index >= 15 is 0 Å². The third-order valence-electron chi connectivity index (χ3n) is 3.19. The van der Waals surface area contributed by atoms with Crippen LogP contribution in [0.25, 0.3) is 11.3 Å². The average molecular weight is 384 g/mol. The minimum absolute atomic E-state index is 0.00799. The summed E-state index contributed by atoms with van der Waals surface area (Å²) in [7, 11) is 0. The first-order chi connectivity index (χ1) is 11.8. The average Bonchev–Trinajstić information content (AvgIpc) is 2.58.